The summed E-state index contributed by atoms with van der Waals surface area (Å²) in [5, 5.41) is 2.93. The summed E-state index contributed by atoms with van der Waals surface area (Å²) in [6.07, 6.45) is 0.882. The summed E-state index contributed by atoms with van der Waals surface area (Å²) in [4.78, 5) is 11.3. The van der Waals surface area contributed by atoms with Crippen LogP contribution in [0.25, 0.3) is 21.9 Å². The minimum atomic E-state index is 0.637. The second-order valence-corrected chi connectivity index (χ2v) is 5.26. The van der Waals surface area contributed by atoms with E-state index in [-0.39, 0.29) is 0 Å². The van der Waals surface area contributed by atoms with Crippen LogP contribution in [-0.2, 0) is 0 Å². The monoisotopic (exact) mass is 280 g/mol. The maximum atomic E-state index is 11.3. The van der Waals surface area contributed by atoms with Crippen molar-refractivity contribution in [1.29, 1.82) is 0 Å². The molecule has 0 saturated carbocycles. The third-order valence-electron chi connectivity index (χ3n) is 3.55. The summed E-state index contributed by atoms with van der Waals surface area (Å²) < 4.78 is 0. The lowest BCUT2D eigenvalue weighted by Gasteiger charge is -2.13. The van der Waals surface area contributed by atoms with Crippen molar-refractivity contribution >= 4 is 28.7 Å². The van der Waals surface area contributed by atoms with Crippen LogP contribution >= 0.6 is 11.6 Å². The Kier molecular flexibility index (Phi) is 3.29. The molecule has 0 aliphatic carbocycles. The van der Waals surface area contributed by atoms with Gasteiger partial charge in [-0.2, -0.15) is 0 Å². The highest BCUT2D eigenvalue weighted by Crippen LogP contribution is 2.34. The van der Waals surface area contributed by atoms with E-state index in [0.29, 0.717) is 10.6 Å². The number of rotatable bonds is 2. The summed E-state index contributed by atoms with van der Waals surface area (Å²) in [7, 11) is 0. The molecular formula is C18H13ClO. The normalized spacial score (nSPS) is 10.7. The molecule has 0 bridgehead atoms. The largest absolute Gasteiger partial charge is 0.298 e. The molecule has 2 heteroatoms. The van der Waals surface area contributed by atoms with Crippen molar-refractivity contribution in [3.8, 4) is 11.1 Å². The maximum Gasteiger partial charge on any atom is 0.150 e. The van der Waals surface area contributed by atoms with Crippen molar-refractivity contribution in [1.82, 2.24) is 0 Å². The first-order valence-electron chi connectivity index (χ1n) is 6.44. The molecule has 0 atom stereocenters. The minimum absolute atomic E-state index is 0.637. The number of benzene rings is 3. The number of hydrogen-bond donors (Lipinski definition) is 0. The molecule has 98 valence electrons. The number of carbonyl (C=O) groups is 1. The zero-order chi connectivity index (χ0) is 14.1. The number of aryl methyl sites for hydroxylation is 1. The summed E-state index contributed by atoms with van der Waals surface area (Å²) >= 11 is 6.11. The van der Waals surface area contributed by atoms with Gasteiger partial charge in [-0.1, -0.05) is 48.0 Å². The number of hydrogen-bond acceptors (Lipinski definition) is 1. The number of aldehydes is 1. The van der Waals surface area contributed by atoms with Crippen LogP contribution in [0.2, 0.25) is 5.02 Å². The zero-order valence-electron chi connectivity index (χ0n) is 11.1. The Labute approximate surface area is 122 Å². The molecular weight excluding hydrogens is 268 g/mol. The lowest BCUT2D eigenvalue weighted by molar-refractivity contribution is 0.112. The summed E-state index contributed by atoms with van der Waals surface area (Å²) in [5.41, 5.74) is 3.76. The molecule has 1 nitrogen and oxygen atoms in total. The number of halogens is 1. The van der Waals surface area contributed by atoms with Crippen molar-refractivity contribution in [2.45, 2.75) is 6.92 Å². The molecule has 0 fully saturated rings. The quantitative estimate of drug-likeness (QED) is 0.584. The van der Waals surface area contributed by atoms with Crippen LogP contribution in [0.15, 0.2) is 54.6 Å². The van der Waals surface area contributed by atoms with Crippen molar-refractivity contribution in [2.75, 3.05) is 0 Å². The first-order valence-corrected chi connectivity index (χ1v) is 6.82. The van der Waals surface area contributed by atoms with Crippen LogP contribution in [0.3, 0.4) is 0 Å². The van der Waals surface area contributed by atoms with E-state index < -0.39 is 0 Å². The lowest BCUT2D eigenvalue weighted by atomic mass is 9.91. The van der Waals surface area contributed by atoms with E-state index in [4.69, 9.17) is 11.6 Å². The Morgan fingerprint density at radius 1 is 1.00 bits per heavy atom. The van der Waals surface area contributed by atoms with Gasteiger partial charge in [0, 0.05) is 10.6 Å². The van der Waals surface area contributed by atoms with E-state index in [1.807, 2.05) is 18.2 Å². The zero-order valence-corrected chi connectivity index (χ0v) is 11.8. The molecule has 0 N–H and O–H groups in total. The SMILES string of the molecule is Cc1ccc2ccccc2c1-c1cc(Cl)ccc1C=O. The Hall–Kier alpha value is -2.12. The third-order valence-corrected chi connectivity index (χ3v) is 3.78. The molecule has 3 aromatic rings. The molecule has 0 aliphatic rings. The Bertz CT molecular complexity index is 806. The molecule has 0 radical (unpaired) electrons. The van der Waals surface area contributed by atoms with Crippen LogP contribution in [-0.4, -0.2) is 6.29 Å². The highest BCUT2D eigenvalue weighted by Gasteiger charge is 2.11. The van der Waals surface area contributed by atoms with Gasteiger partial charge in [0.1, 0.15) is 0 Å². The third kappa shape index (κ3) is 2.10. The predicted octanol–water partition coefficient (Wildman–Crippen LogP) is 5.28. The van der Waals surface area contributed by atoms with Crippen molar-refractivity contribution in [2.24, 2.45) is 0 Å². The summed E-state index contributed by atoms with van der Waals surface area (Å²) in [6, 6.07) is 17.7. The molecule has 20 heavy (non-hydrogen) atoms. The number of carbonyl (C=O) groups excluding carboxylic acids is 1. The molecule has 0 unspecified atom stereocenters. The van der Waals surface area contributed by atoms with Gasteiger partial charge in [-0.25, -0.2) is 0 Å². The molecule has 0 spiro atoms. The van der Waals surface area contributed by atoms with Crippen LogP contribution in [0.5, 0.6) is 0 Å². The van der Waals surface area contributed by atoms with Gasteiger partial charge in [-0.05, 0) is 52.6 Å². The van der Waals surface area contributed by atoms with E-state index in [1.165, 1.54) is 0 Å². The Morgan fingerprint density at radius 2 is 1.80 bits per heavy atom. The second-order valence-electron chi connectivity index (χ2n) is 4.83. The predicted molar refractivity (Wildman–Crippen MR) is 84.5 cm³/mol. The van der Waals surface area contributed by atoms with Gasteiger partial charge in [0.15, 0.2) is 6.29 Å². The molecule has 0 saturated heterocycles. The summed E-state index contributed by atoms with van der Waals surface area (Å²) in [5.74, 6) is 0. The van der Waals surface area contributed by atoms with Gasteiger partial charge in [0.2, 0.25) is 0 Å². The topological polar surface area (TPSA) is 17.1 Å². The van der Waals surface area contributed by atoms with Crippen molar-refractivity contribution < 1.29 is 4.79 Å². The fraction of sp³-hybridized carbons (Fsp3) is 0.0556. The first-order chi connectivity index (χ1) is 9.70. The average Bonchev–Trinajstić information content (AvgIpc) is 2.47. The fourth-order valence-electron chi connectivity index (χ4n) is 2.59. The van der Waals surface area contributed by atoms with Gasteiger partial charge >= 0.3 is 0 Å². The van der Waals surface area contributed by atoms with E-state index in [1.54, 1.807) is 12.1 Å². The van der Waals surface area contributed by atoms with Gasteiger partial charge < -0.3 is 0 Å². The Morgan fingerprint density at radius 3 is 2.60 bits per heavy atom. The van der Waals surface area contributed by atoms with Gasteiger partial charge in [-0.15, -0.1) is 0 Å². The molecule has 0 aliphatic heterocycles. The van der Waals surface area contributed by atoms with Crippen LogP contribution in [0.4, 0.5) is 0 Å². The second kappa shape index (κ2) is 5.10. The summed E-state index contributed by atoms with van der Waals surface area (Å²) in [6.45, 7) is 2.05. The van der Waals surface area contributed by atoms with Gasteiger partial charge in [0.05, 0.1) is 0 Å². The minimum Gasteiger partial charge on any atom is -0.298 e. The lowest BCUT2D eigenvalue weighted by Crippen LogP contribution is -1.92. The highest BCUT2D eigenvalue weighted by molar-refractivity contribution is 6.31. The first kappa shape index (κ1) is 12.9. The van der Waals surface area contributed by atoms with Crippen molar-refractivity contribution in [3.63, 3.8) is 0 Å². The maximum absolute atomic E-state index is 11.3. The van der Waals surface area contributed by atoms with Crippen molar-refractivity contribution in [3.05, 3.63) is 70.7 Å². The van der Waals surface area contributed by atoms with Crippen LogP contribution < -0.4 is 0 Å². The smallest absolute Gasteiger partial charge is 0.150 e. The molecule has 3 aromatic carbocycles. The highest BCUT2D eigenvalue weighted by atomic mass is 35.5. The van der Waals surface area contributed by atoms with E-state index in [9.17, 15) is 4.79 Å². The van der Waals surface area contributed by atoms with E-state index >= 15 is 0 Å². The molecule has 0 amide bonds. The standard InChI is InChI=1S/C18H13ClO/c1-12-6-7-13-4-2-3-5-16(13)18(12)17-10-15(19)9-8-14(17)11-20/h2-11H,1H3. The van der Waals surface area contributed by atoms with E-state index in [2.05, 4.69) is 31.2 Å². The van der Waals surface area contributed by atoms with E-state index in [0.717, 1.165) is 33.7 Å². The molecule has 0 aromatic heterocycles. The van der Waals surface area contributed by atoms with Crippen LogP contribution in [0, 0.1) is 6.92 Å². The Balaban J connectivity index is 2.43. The van der Waals surface area contributed by atoms with Gasteiger partial charge in [0.25, 0.3) is 0 Å². The van der Waals surface area contributed by atoms with Gasteiger partial charge in [-0.3, -0.25) is 4.79 Å². The average molecular weight is 281 g/mol. The molecule has 3 rings (SSSR count). The number of fused-ring (bicyclic) bond motifs is 1. The van der Waals surface area contributed by atoms with Crippen LogP contribution in [0.1, 0.15) is 15.9 Å². The molecule has 0 heterocycles. The fourth-order valence-corrected chi connectivity index (χ4v) is 2.76.